The number of hydrogen-bond acceptors (Lipinski definition) is 5. The molecule has 2 N–H and O–H groups in total. The second-order valence-electron chi connectivity index (χ2n) is 11.8. The molecular weight excluding hydrogens is 544 g/mol. The zero-order chi connectivity index (χ0) is 30.2. The molecule has 0 unspecified atom stereocenters. The van der Waals surface area contributed by atoms with Gasteiger partial charge in [0.25, 0.3) is 5.91 Å². The van der Waals surface area contributed by atoms with Crippen molar-refractivity contribution >= 4 is 35.3 Å². The molecule has 43 heavy (non-hydrogen) atoms. The molecule has 2 aromatic rings. The number of nitrogens with zero attached hydrogens (tertiary/aromatic N) is 4. The quantitative estimate of drug-likeness (QED) is 0.398. The van der Waals surface area contributed by atoms with Crippen LogP contribution in [-0.4, -0.2) is 89.6 Å². The summed E-state index contributed by atoms with van der Waals surface area (Å²) in [5.74, 6) is -0.474. The van der Waals surface area contributed by atoms with Gasteiger partial charge in [-0.2, -0.15) is 0 Å². The molecular formula is C33H42N6O4. The average Bonchev–Trinajstić information content (AvgIpc) is 3.51. The standard InChI is InChI=1S/C33H42N6O4/c1-24-10-9-13-27(22-24)34-33(35-28-14-5-6-19-39(32(28)43)23-29(40)37-17-7-8-18-37)36-30(41)25-15-20-38(21-16-25)31(42)26-11-3-2-4-12-26/h2-4,9-13,22,25,28H,5-8,14-21,23H2,1H3,(H2,34,35,36,41)/t28-/m0/s1. The van der Waals surface area contributed by atoms with Crippen LogP contribution in [0.2, 0.25) is 0 Å². The third-order valence-electron chi connectivity index (χ3n) is 8.52. The molecule has 0 aromatic heterocycles. The van der Waals surface area contributed by atoms with Crippen LogP contribution in [-0.2, 0) is 14.4 Å². The van der Waals surface area contributed by atoms with Crippen LogP contribution in [0.4, 0.5) is 5.69 Å². The number of nitrogens with one attached hydrogen (secondary N) is 2. The second kappa shape index (κ2) is 14.3. The number of benzene rings is 2. The summed E-state index contributed by atoms with van der Waals surface area (Å²) >= 11 is 0. The van der Waals surface area contributed by atoms with Crippen molar-refractivity contribution in [3.05, 3.63) is 65.7 Å². The minimum absolute atomic E-state index is 0.0148. The van der Waals surface area contributed by atoms with Crippen molar-refractivity contribution in [2.75, 3.05) is 44.6 Å². The van der Waals surface area contributed by atoms with Crippen molar-refractivity contribution in [3.63, 3.8) is 0 Å². The van der Waals surface area contributed by atoms with Gasteiger partial charge in [0.05, 0.1) is 6.54 Å². The lowest BCUT2D eigenvalue weighted by Gasteiger charge is -2.31. The van der Waals surface area contributed by atoms with Gasteiger partial charge in [-0.15, -0.1) is 0 Å². The highest BCUT2D eigenvalue weighted by atomic mass is 16.2. The minimum atomic E-state index is -0.702. The van der Waals surface area contributed by atoms with Crippen LogP contribution >= 0.6 is 0 Å². The maximum Gasteiger partial charge on any atom is 0.253 e. The number of aryl methyl sites for hydroxylation is 1. The molecule has 5 rings (SSSR count). The number of amides is 4. The summed E-state index contributed by atoms with van der Waals surface area (Å²) in [6.07, 6.45) is 5.23. The van der Waals surface area contributed by atoms with Crippen LogP contribution < -0.4 is 10.6 Å². The third-order valence-corrected chi connectivity index (χ3v) is 8.52. The molecule has 0 radical (unpaired) electrons. The van der Waals surface area contributed by atoms with E-state index in [1.807, 2.05) is 54.3 Å². The number of piperidine rings is 1. The number of guanidine groups is 1. The Kier molecular flexibility index (Phi) is 10.1. The van der Waals surface area contributed by atoms with Gasteiger partial charge in [-0.3, -0.25) is 24.5 Å². The molecule has 0 bridgehead atoms. The lowest BCUT2D eigenvalue weighted by molar-refractivity contribution is -0.140. The van der Waals surface area contributed by atoms with Crippen LogP contribution in [0.3, 0.4) is 0 Å². The molecule has 10 heteroatoms. The molecule has 4 amide bonds. The van der Waals surface area contributed by atoms with Gasteiger partial charge in [0.2, 0.25) is 23.7 Å². The number of aliphatic imine (C=N–C) groups is 1. The van der Waals surface area contributed by atoms with E-state index in [9.17, 15) is 19.2 Å². The van der Waals surface area contributed by atoms with Crippen LogP contribution in [0.25, 0.3) is 0 Å². The molecule has 3 aliphatic rings. The average molecular weight is 587 g/mol. The molecule has 10 nitrogen and oxygen atoms in total. The Hall–Kier alpha value is -4.21. The molecule has 228 valence electrons. The number of rotatable bonds is 6. The fraction of sp³-hybridized carbons (Fsp3) is 0.485. The highest BCUT2D eigenvalue weighted by Gasteiger charge is 2.32. The van der Waals surface area contributed by atoms with Crippen molar-refractivity contribution in [2.24, 2.45) is 10.9 Å². The van der Waals surface area contributed by atoms with E-state index in [1.54, 1.807) is 21.9 Å². The normalized spacial score (nSPS) is 20.1. The fourth-order valence-electron chi connectivity index (χ4n) is 6.03. The summed E-state index contributed by atoms with van der Waals surface area (Å²) < 4.78 is 0. The Bertz CT molecular complexity index is 1330. The molecule has 3 saturated heterocycles. The SMILES string of the molecule is Cc1cccc(NC(=N[C@H]2CCCCN(CC(=O)N3CCCC3)C2=O)NC(=O)C2CCN(C(=O)c3ccccc3)CC2)c1. The maximum atomic E-state index is 13.6. The Labute approximate surface area is 253 Å². The predicted octanol–water partition coefficient (Wildman–Crippen LogP) is 3.44. The Morgan fingerprint density at radius 2 is 1.56 bits per heavy atom. The fourth-order valence-corrected chi connectivity index (χ4v) is 6.03. The van der Waals surface area contributed by atoms with Crippen molar-refractivity contribution in [2.45, 2.75) is 57.9 Å². The third kappa shape index (κ3) is 8.00. The number of likely N-dealkylation sites (tertiary alicyclic amines) is 3. The van der Waals surface area contributed by atoms with E-state index in [1.165, 1.54) is 0 Å². The van der Waals surface area contributed by atoms with E-state index in [2.05, 4.69) is 10.6 Å². The second-order valence-corrected chi connectivity index (χ2v) is 11.8. The zero-order valence-corrected chi connectivity index (χ0v) is 25.0. The Balaban J connectivity index is 1.27. The summed E-state index contributed by atoms with van der Waals surface area (Å²) in [5.41, 5.74) is 2.44. The largest absolute Gasteiger partial charge is 0.341 e. The van der Waals surface area contributed by atoms with Crippen LogP contribution in [0, 0.1) is 12.8 Å². The molecule has 0 saturated carbocycles. The van der Waals surface area contributed by atoms with Gasteiger partial charge in [-0.25, -0.2) is 4.99 Å². The van der Waals surface area contributed by atoms with E-state index in [-0.39, 0.29) is 42.1 Å². The summed E-state index contributed by atoms with van der Waals surface area (Å²) in [6.45, 7) is 5.05. The first-order chi connectivity index (χ1) is 20.9. The van der Waals surface area contributed by atoms with Crippen LogP contribution in [0.1, 0.15) is 60.9 Å². The van der Waals surface area contributed by atoms with Crippen molar-refractivity contribution in [1.29, 1.82) is 0 Å². The van der Waals surface area contributed by atoms with E-state index < -0.39 is 6.04 Å². The number of carbonyl (C=O) groups is 4. The van der Waals surface area contributed by atoms with Crippen LogP contribution in [0.5, 0.6) is 0 Å². The summed E-state index contributed by atoms with van der Waals surface area (Å²) in [7, 11) is 0. The topological polar surface area (TPSA) is 114 Å². The van der Waals surface area contributed by atoms with Gasteiger partial charge in [0.1, 0.15) is 6.04 Å². The van der Waals surface area contributed by atoms with Gasteiger partial charge in [0, 0.05) is 49.9 Å². The number of hydrogen-bond donors (Lipinski definition) is 2. The molecule has 0 aliphatic carbocycles. The van der Waals surface area contributed by atoms with Crippen molar-refractivity contribution in [1.82, 2.24) is 20.0 Å². The van der Waals surface area contributed by atoms with Crippen molar-refractivity contribution in [3.8, 4) is 0 Å². The van der Waals surface area contributed by atoms with E-state index in [4.69, 9.17) is 4.99 Å². The van der Waals surface area contributed by atoms with E-state index in [0.717, 1.165) is 50.0 Å². The lowest BCUT2D eigenvalue weighted by atomic mass is 9.95. The molecule has 3 aliphatic heterocycles. The number of carbonyl (C=O) groups excluding carboxylic acids is 4. The summed E-state index contributed by atoms with van der Waals surface area (Å²) in [4.78, 5) is 62.8. The molecule has 0 spiro atoms. The zero-order valence-electron chi connectivity index (χ0n) is 25.0. The van der Waals surface area contributed by atoms with Gasteiger partial charge in [-0.1, -0.05) is 30.3 Å². The van der Waals surface area contributed by atoms with Gasteiger partial charge < -0.3 is 20.0 Å². The first kappa shape index (κ1) is 30.3. The van der Waals surface area contributed by atoms with Gasteiger partial charge in [-0.05, 0) is 81.7 Å². The highest BCUT2D eigenvalue weighted by molar-refractivity contribution is 6.06. The predicted molar refractivity (Wildman–Crippen MR) is 165 cm³/mol. The van der Waals surface area contributed by atoms with Gasteiger partial charge >= 0.3 is 0 Å². The van der Waals surface area contributed by atoms with Crippen LogP contribution in [0.15, 0.2) is 59.6 Å². The van der Waals surface area contributed by atoms with E-state index >= 15 is 0 Å². The molecule has 2 aromatic carbocycles. The van der Waals surface area contributed by atoms with Gasteiger partial charge in [0.15, 0.2) is 0 Å². The summed E-state index contributed by atoms with van der Waals surface area (Å²) in [5, 5.41) is 6.20. The maximum absolute atomic E-state index is 13.6. The minimum Gasteiger partial charge on any atom is -0.341 e. The smallest absolute Gasteiger partial charge is 0.253 e. The van der Waals surface area contributed by atoms with Crippen molar-refractivity contribution < 1.29 is 19.2 Å². The first-order valence-electron chi connectivity index (χ1n) is 15.5. The molecule has 3 heterocycles. The Morgan fingerprint density at radius 3 is 2.28 bits per heavy atom. The number of anilines is 1. The molecule has 1 atom stereocenters. The molecule has 3 fully saturated rings. The highest BCUT2D eigenvalue weighted by Crippen LogP contribution is 2.21. The van der Waals surface area contributed by atoms with E-state index in [0.29, 0.717) is 44.5 Å². The Morgan fingerprint density at radius 1 is 0.837 bits per heavy atom. The first-order valence-corrected chi connectivity index (χ1v) is 15.5. The lowest BCUT2D eigenvalue weighted by Crippen LogP contribution is -2.47. The summed E-state index contributed by atoms with van der Waals surface area (Å²) in [6, 6.07) is 16.2. The monoisotopic (exact) mass is 586 g/mol.